The smallest absolute Gasteiger partial charge is 0.240 e. The molecule has 0 aliphatic rings. The van der Waals surface area contributed by atoms with Crippen molar-refractivity contribution in [2.45, 2.75) is 0 Å². The molecular formula is C11H11N5O. The fourth-order valence-electron chi connectivity index (χ4n) is 1.72. The number of fused-ring (bicyclic) bond motifs is 1. The molecule has 17 heavy (non-hydrogen) atoms. The molecular weight excluding hydrogens is 218 g/mol. The van der Waals surface area contributed by atoms with E-state index in [0.717, 1.165) is 16.9 Å². The van der Waals surface area contributed by atoms with Crippen molar-refractivity contribution in [1.82, 2.24) is 24.4 Å². The summed E-state index contributed by atoms with van der Waals surface area (Å²) in [5.74, 6) is 0.547. The van der Waals surface area contributed by atoms with E-state index in [2.05, 4.69) is 15.2 Å². The first-order valence-electron chi connectivity index (χ1n) is 5.16. The molecule has 0 saturated carbocycles. The average molecular weight is 229 g/mol. The van der Waals surface area contributed by atoms with Crippen LogP contribution in [0.3, 0.4) is 0 Å². The summed E-state index contributed by atoms with van der Waals surface area (Å²) in [5.41, 5.74) is 2.37. The zero-order valence-electron chi connectivity index (χ0n) is 9.53. The normalized spacial score (nSPS) is 10.9. The van der Waals surface area contributed by atoms with Crippen molar-refractivity contribution in [3.8, 4) is 17.3 Å². The lowest BCUT2D eigenvalue weighted by Gasteiger charge is -2.04. The molecule has 3 aromatic heterocycles. The number of hydrogen-bond donors (Lipinski definition) is 0. The highest BCUT2D eigenvalue weighted by molar-refractivity contribution is 5.62. The number of nitrogens with zero attached hydrogens (tertiary/aromatic N) is 5. The van der Waals surface area contributed by atoms with Gasteiger partial charge < -0.3 is 4.74 Å². The Hall–Kier alpha value is -2.37. The second-order valence-corrected chi connectivity index (χ2v) is 3.67. The molecule has 0 aliphatic heterocycles. The second kappa shape index (κ2) is 3.58. The van der Waals surface area contributed by atoms with Gasteiger partial charge >= 0.3 is 0 Å². The van der Waals surface area contributed by atoms with Crippen LogP contribution in [0.25, 0.3) is 16.9 Å². The topological polar surface area (TPSA) is 57.2 Å². The Morgan fingerprint density at radius 3 is 2.82 bits per heavy atom. The summed E-state index contributed by atoms with van der Waals surface area (Å²) in [4.78, 5) is 4.42. The summed E-state index contributed by atoms with van der Waals surface area (Å²) < 4.78 is 8.71. The number of methoxy groups -OCH3 is 1. The van der Waals surface area contributed by atoms with Crippen molar-refractivity contribution in [2.24, 2.45) is 7.05 Å². The van der Waals surface area contributed by atoms with E-state index in [9.17, 15) is 0 Å². The molecule has 0 atom stereocenters. The predicted octanol–water partition coefficient (Wildman–Crippen LogP) is 1.14. The largest absolute Gasteiger partial charge is 0.479 e. The lowest BCUT2D eigenvalue weighted by Crippen LogP contribution is -1.98. The van der Waals surface area contributed by atoms with Crippen LogP contribution in [-0.4, -0.2) is 31.5 Å². The Labute approximate surface area is 97.5 Å². The standard InChI is InChI=1S/C11H11N5O/c1-15-6-4-8(14-15)9-7-16-10(3-5-12-16)11(13-9)17-2/h3-7H,1-2H3. The number of aryl methyl sites for hydroxylation is 1. The zero-order chi connectivity index (χ0) is 11.8. The lowest BCUT2D eigenvalue weighted by atomic mass is 10.3. The van der Waals surface area contributed by atoms with E-state index in [-0.39, 0.29) is 0 Å². The summed E-state index contributed by atoms with van der Waals surface area (Å²) >= 11 is 0. The molecule has 0 radical (unpaired) electrons. The molecule has 0 spiro atoms. The Balaban J connectivity index is 2.23. The van der Waals surface area contributed by atoms with E-state index in [1.165, 1.54) is 0 Å². The van der Waals surface area contributed by atoms with E-state index >= 15 is 0 Å². The van der Waals surface area contributed by atoms with Crippen molar-refractivity contribution in [3.63, 3.8) is 0 Å². The molecule has 6 nitrogen and oxygen atoms in total. The maximum absolute atomic E-state index is 5.25. The molecule has 0 aromatic carbocycles. The minimum atomic E-state index is 0.547. The predicted molar refractivity (Wildman–Crippen MR) is 61.7 cm³/mol. The van der Waals surface area contributed by atoms with Gasteiger partial charge in [-0.2, -0.15) is 10.2 Å². The van der Waals surface area contributed by atoms with Crippen LogP contribution >= 0.6 is 0 Å². The monoisotopic (exact) mass is 229 g/mol. The SMILES string of the molecule is COc1nc(-c2ccn(C)n2)cn2nccc12. The average Bonchev–Trinajstić information content (AvgIpc) is 2.95. The van der Waals surface area contributed by atoms with Crippen molar-refractivity contribution in [3.05, 3.63) is 30.7 Å². The highest BCUT2D eigenvalue weighted by atomic mass is 16.5. The van der Waals surface area contributed by atoms with E-state index in [4.69, 9.17) is 4.74 Å². The molecule has 3 aromatic rings. The third-order valence-corrected chi connectivity index (χ3v) is 2.53. The van der Waals surface area contributed by atoms with E-state index < -0.39 is 0 Å². The van der Waals surface area contributed by atoms with Crippen LogP contribution in [-0.2, 0) is 7.05 Å². The van der Waals surface area contributed by atoms with Gasteiger partial charge in [0.1, 0.15) is 16.9 Å². The molecule has 0 N–H and O–H groups in total. The minimum Gasteiger partial charge on any atom is -0.479 e. The number of aromatic nitrogens is 5. The Kier molecular flexibility index (Phi) is 2.07. The Morgan fingerprint density at radius 2 is 2.12 bits per heavy atom. The molecule has 0 bridgehead atoms. The van der Waals surface area contributed by atoms with E-state index in [1.54, 1.807) is 22.5 Å². The summed E-state index contributed by atoms with van der Waals surface area (Å²) in [6, 6.07) is 3.76. The van der Waals surface area contributed by atoms with Crippen LogP contribution in [0.5, 0.6) is 5.88 Å². The van der Waals surface area contributed by atoms with Gasteiger partial charge in [0.05, 0.1) is 19.5 Å². The van der Waals surface area contributed by atoms with Crippen LogP contribution in [0.2, 0.25) is 0 Å². The fraction of sp³-hybridized carbons (Fsp3) is 0.182. The highest BCUT2D eigenvalue weighted by Gasteiger charge is 2.10. The maximum Gasteiger partial charge on any atom is 0.240 e. The zero-order valence-corrected chi connectivity index (χ0v) is 9.53. The fourth-order valence-corrected chi connectivity index (χ4v) is 1.72. The molecule has 0 unspecified atom stereocenters. The van der Waals surface area contributed by atoms with Crippen LogP contribution in [0, 0.1) is 0 Å². The molecule has 3 heterocycles. The summed E-state index contributed by atoms with van der Waals surface area (Å²) in [6.07, 6.45) is 5.42. The molecule has 0 fully saturated rings. The molecule has 0 amide bonds. The van der Waals surface area contributed by atoms with Crippen molar-refractivity contribution < 1.29 is 4.74 Å². The third-order valence-electron chi connectivity index (χ3n) is 2.53. The first-order valence-corrected chi connectivity index (χ1v) is 5.16. The van der Waals surface area contributed by atoms with E-state index in [1.807, 2.05) is 31.6 Å². The van der Waals surface area contributed by atoms with Gasteiger partial charge in [-0.3, -0.25) is 4.68 Å². The lowest BCUT2D eigenvalue weighted by molar-refractivity contribution is 0.401. The van der Waals surface area contributed by atoms with Gasteiger partial charge in [0.2, 0.25) is 5.88 Å². The number of ether oxygens (including phenoxy) is 1. The minimum absolute atomic E-state index is 0.547. The van der Waals surface area contributed by atoms with Crippen molar-refractivity contribution >= 4 is 5.52 Å². The second-order valence-electron chi connectivity index (χ2n) is 3.67. The van der Waals surface area contributed by atoms with Crippen molar-refractivity contribution in [2.75, 3.05) is 7.11 Å². The molecule has 0 saturated heterocycles. The van der Waals surface area contributed by atoms with Crippen LogP contribution < -0.4 is 4.74 Å². The Morgan fingerprint density at radius 1 is 1.24 bits per heavy atom. The molecule has 0 aliphatic carbocycles. The van der Waals surface area contributed by atoms with Gasteiger partial charge in [0.15, 0.2) is 0 Å². The van der Waals surface area contributed by atoms with Crippen molar-refractivity contribution in [1.29, 1.82) is 0 Å². The van der Waals surface area contributed by atoms with Gasteiger partial charge in [0, 0.05) is 13.2 Å². The van der Waals surface area contributed by atoms with Gasteiger partial charge in [0.25, 0.3) is 0 Å². The first kappa shape index (κ1) is 9.83. The number of rotatable bonds is 2. The van der Waals surface area contributed by atoms with Gasteiger partial charge in [-0.05, 0) is 12.1 Å². The van der Waals surface area contributed by atoms with Gasteiger partial charge in [-0.1, -0.05) is 0 Å². The quantitative estimate of drug-likeness (QED) is 0.661. The summed E-state index contributed by atoms with van der Waals surface area (Å²) in [5, 5.41) is 8.49. The van der Waals surface area contributed by atoms with Crippen LogP contribution in [0.15, 0.2) is 30.7 Å². The van der Waals surface area contributed by atoms with Crippen LogP contribution in [0.4, 0.5) is 0 Å². The van der Waals surface area contributed by atoms with E-state index in [0.29, 0.717) is 5.88 Å². The molecule has 86 valence electrons. The molecule has 3 rings (SSSR count). The Bertz CT molecular complexity index is 669. The molecule has 6 heteroatoms. The number of hydrogen-bond acceptors (Lipinski definition) is 4. The van der Waals surface area contributed by atoms with Gasteiger partial charge in [-0.15, -0.1) is 0 Å². The van der Waals surface area contributed by atoms with Gasteiger partial charge in [-0.25, -0.2) is 9.50 Å². The first-order chi connectivity index (χ1) is 8.28. The maximum atomic E-state index is 5.25. The third kappa shape index (κ3) is 1.54. The highest BCUT2D eigenvalue weighted by Crippen LogP contribution is 2.22. The van der Waals surface area contributed by atoms with Crippen LogP contribution in [0.1, 0.15) is 0 Å². The summed E-state index contributed by atoms with van der Waals surface area (Å²) in [6.45, 7) is 0. The summed E-state index contributed by atoms with van der Waals surface area (Å²) in [7, 11) is 3.46.